The van der Waals surface area contributed by atoms with Crippen LogP contribution in [0.15, 0.2) is 64.2 Å². The number of hydrogen-bond donors (Lipinski definition) is 3. The molecule has 3 N–H and O–H groups in total. The maximum Gasteiger partial charge on any atom is 0.322 e. The molecule has 2 aromatic carbocycles. The molecule has 39 heavy (non-hydrogen) atoms. The number of benzene rings is 2. The fourth-order valence-electron chi connectivity index (χ4n) is 4.54. The predicted molar refractivity (Wildman–Crippen MR) is 144 cm³/mol. The number of fused-ring (bicyclic) bond motifs is 1. The molecule has 0 bridgehead atoms. The molecule has 0 atom stereocenters. The number of amides is 2. The van der Waals surface area contributed by atoms with Gasteiger partial charge >= 0.3 is 5.97 Å². The van der Waals surface area contributed by atoms with Gasteiger partial charge in [-0.05, 0) is 23.3 Å². The summed E-state index contributed by atoms with van der Waals surface area (Å²) < 4.78 is 1.34. The molecule has 5 rings (SSSR count). The van der Waals surface area contributed by atoms with Crippen molar-refractivity contribution >= 4 is 40.7 Å². The molecule has 2 aromatic heterocycles. The Balaban J connectivity index is 1.58. The number of carbonyl (C=O) groups excluding carboxylic acids is 2. The Morgan fingerprint density at radius 3 is 2.62 bits per heavy atom. The van der Waals surface area contributed by atoms with Crippen LogP contribution in [0.1, 0.15) is 37.7 Å². The van der Waals surface area contributed by atoms with Crippen LogP contribution in [-0.2, 0) is 24.4 Å². The number of aliphatic carboxylic acids is 1. The highest BCUT2D eigenvalue weighted by Crippen LogP contribution is 2.33. The summed E-state index contributed by atoms with van der Waals surface area (Å²) >= 11 is 7.64. The lowest BCUT2D eigenvalue weighted by atomic mass is 10.0. The first-order valence-corrected chi connectivity index (χ1v) is 13.1. The number of carbonyl (C=O) groups is 3. The zero-order valence-corrected chi connectivity index (χ0v) is 21.8. The topological polar surface area (TPSA) is 142 Å². The van der Waals surface area contributed by atoms with Crippen molar-refractivity contribution < 1.29 is 24.6 Å². The average molecular weight is 565 g/mol. The number of pyridine rings is 1. The molecule has 10 nitrogen and oxygen atoms in total. The molecule has 0 saturated heterocycles. The van der Waals surface area contributed by atoms with Crippen LogP contribution in [-0.4, -0.2) is 49.0 Å². The first-order valence-electron chi connectivity index (χ1n) is 11.7. The smallest absolute Gasteiger partial charge is 0.322 e. The van der Waals surface area contributed by atoms with Crippen molar-refractivity contribution in [1.29, 1.82) is 0 Å². The number of carboxylic acids is 1. The van der Waals surface area contributed by atoms with E-state index in [4.69, 9.17) is 16.7 Å². The number of carboxylic acid groups (broad SMARTS) is 1. The number of thiazole rings is 1. The van der Waals surface area contributed by atoms with Crippen LogP contribution in [0.2, 0.25) is 5.02 Å². The van der Waals surface area contributed by atoms with Crippen LogP contribution >= 0.6 is 22.9 Å². The third-order valence-corrected chi connectivity index (χ3v) is 7.28. The Morgan fingerprint density at radius 1 is 1.10 bits per heavy atom. The predicted octanol–water partition coefficient (Wildman–Crippen LogP) is 3.35. The molecule has 3 heterocycles. The molecule has 1 aliphatic rings. The summed E-state index contributed by atoms with van der Waals surface area (Å²) in [6.45, 7) is -0.757. The molecule has 0 radical (unpaired) electrons. The third kappa shape index (κ3) is 5.14. The Hall–Kier alpha value is -4.48. The lowest BCUT2D eigenvalue weighted by molar-refractivity contribution is -0.135. The summed E-state index contributed by atoms with van der Waals surface area (Å²) in [5, 5.41) is 24.2. The van der Waals surface area contributed by atoms with Gasteiger partial charge in [-0.1, -0.05) is 48.0 Å². The number of aromatic hydroxyl groups is 1. The molecule has 0 aliphatic carbocycles. The van der Waals surface area contributed by atoms with Gasteiger partial charge < -0.3 is 25.0 Å². The minimum absolute atomic E-state index is 0.00965. The molecule has 0 spiro atoms. The molecular weight excluding hydrogens is 544 g/mol. The highest BCUT2D eigenvalue weighted by atomic mass is 35.5. The van der Waals surface area contributed by atoms with Crippen LogP contribution in [0.3, 0.4) is 0 Å². The largest absolute Gasteiger partial charge is 0.506 e. The SMILES string of the molecule is O=C(O)CNC(=O)c1c(O)c2c(n(Cc3cccc(-c4ccccc4Cl)c3)c1=O)CN(C(=O)c1cscn1)C2. The molecule has 0 unspecified atom stereocenters. The van der Waals surface area contributed by atoms with Gasteiger partial charge in [-0.25, -0.2) is 4.98 Å². The van der Waals surface area contributed by atoms with Gasteiger partial charge in [0, 0.05) is 27.2 Å². The summed E-state index contributed by atoms with van der Waals surface area (Å²) in [7, 11) is 0. The minimum atomic E-state index is -1.30. The van der Waals surface area contributed by atoms with E-state index in [0.717, 1.165) is 11.1 Å². The zero-order chi connectivity index (χ0) is 27.7. The maximum absolute atomic E-state index is 13.6. The summed E-state index contributed by atoms with van der Waals surface area (Å²) in [6, 6.07) is 14.7. The summed E-state index contributed by atoms with van der Waals surface area (Å²) in [6.07, 6.45) is 0. The quantitative estimate of drug-likeness (QED) is 0.312. The van der Waals surface area contributed by atoms with Gasteiger partial charge in [0.1, 0.15) is 23.6 Å². The van der Waals surface area contributed by atoms with Crippen LogP contribution < -0.4 is 10.9 Å². The third-order valence-electron chi connectivity index (χ3n) is 6.36. The van der Waals surface area contributed by atoms with E-state index in [1.807, 2.05) is 42.5 Å². The van der Waals surface area contributed by atoms with Gasteiger partial charge in [0.15, 0.2) is 0 Å². The Kier molecular flexibility index (Phi) is 7.18. The van der Waals surface area contributed by atoms with E-state index in [1.165, 1.54) is 26.3 Å². The molecule has 0 saturated carbocycles. The van der Waals surface area contributed by atoms with E-state index in [9.17, 15) is 24.3 Å². The normalized spacial score (nSPS) is 12.3. The minimum Gasteiger partial charge on any atom is -0.506 e. The molecule has 1 aliphatic heterocycles. The Labute approximate surface area is 230 Å². The molecular formula is C27H21ClN4O6S. The van der Waals surface area contributed by atoms with Crippen molar-refractivity contribution in [1.82, 2.24) is 19.8 Å². The Morgan fingerprint density at radius 2 is 1.90 bits per heavy atom. The number of halogens is 1. The van der Waals surface area contributed by atoms with E-state index < -0.39 is 35.3 Å². The molecule has 198 valence electrons. The number of aromatic nitrogens is 2. The van der Waals surface area contributed by atoms with Crippen molar-refractivity contribution in [2.24, 2.45) is 0 Å². The summed E-state index contributed by atoms with van der Waals surface area (Å²) in [5.41, 5.74) is 3.32. The Bertz CT molecular complexity index is 1670. The lowest BCUT2D eigenvalue weighted by Crippen LogP contribution is -2.37. The number of nitrogens with zero attached hydrogens (tertiary/aromatic N) is 3. The number of nitrogens with one attached hydrogen (secondary N) is 1. The van der Waals surface area contributed by atoms with Crippen LogP contribution in [0.5, 0.6) is 5.75 Å². The monoisotopic (exact) mass is 564 g/mol. The highest BCUT2D eigenvalue weighted by molar-refractivity contribution is 7.07. The van der Waals surface area contributed by atoms with Crippen molar-refractivity contribution in [3.63, 3.8) is 0 Å². The average Bonchev–Trinajstić information content (AvgIpc) is 3.61. The van der Waals surface area contributed by atoms with E-state index in [2.05, 4.69) is 10.3 Å². The lowest BCUT2D eigenvalue weighted by Gasteiger charge is -2.17. The van der Waals surface area contributed by atoms with Gasteiger partial charge in [0.05, 0.1) is 25.1 Å². The van der Waals surface area contributed by atoms with Gasteiger partial charge in [-0.15, -0.1) is 11.3 Å². The van der Waals surface area contributed by atoms with Crippen molar-refractivity contribution in [3.8, 4) is 16.9 Å². The summed E-state index contributed by atoms with van der Waals surface area (Å²) in [4.78, 5) is 55.9. The maximum atomic E-state index is 13.6. The number of hydrogen-bond acceptors (Lipinski definition) is 7. The van der Waals surface area contributed by atoms with E-state index >= 15 is 0 Å². The highest BCUT2D eigenvalue weighted by Gasteiger charge is 2.34. The molecule has 2 amide bonds. The second kappa shape index (κ2) is 10.7. The first-order chi connectivity index (χ1) is 18.7. The molecule has 12 heteroatoms. The fourth-order valence-corrected chi connectivity index (χ4v) is 5.31. The van der Waals surface area contributed by atoms with Crippen molar-refractivity contribution in [2.75, 3.05) is 6.54 Å². The molecule has 4 aromatic rings. The van der Waals surface area contributed by atoms with E-state index in [1.54, 1.807) is 11.4 Å². The first kappa shape index (κ1) is 26.1. The van der Waals surface area contributed by atoms with Crippen LogP contribution in [0, 0.1) is 0 Å². The molecule has 0 fully saturated rings. The van der Waals surface area contributed by atoms with Gasteiger partial charge in [0.25, 0.3) is 17.4 Å². The van der Waals surface area contributed by atoms with Crippen molar-refractivity contribution in [3.05, 3.63) is 103 Å². The van der Waals surface area contributed by atoms with Crippen LogP contribution in [0.4, 0.5) is 0 Å². The number of rotatable bonds is 7. The second-order valence-corrected chi connectivity index (χ2v) is 9.96. The van der Waals surface area contributed by atoms with E-state index in [-0.39, 0.29) is 36.8 Å². The standard InChI is InChI=1S/C27H21ClN4O6S/c28-19-7-2-1-6-17(19)16-5-3-4-15(8-16)10-32-21-12-31(26(37)20-13-39-14-30-20)11-18(21)24(35)23(27(32)38)25(36)29-9-22(33)34/h1-8,13-14,35H,9-12H2,(H,29,36)(H,33,34). The van der Waals surface area contributed by atoms with Gasteiger partial charge in [-0.3, -0.25) is 19.2 Å². The van der Waals surface area contributed by atoms with Crippen LogP contribution in [0.25, 0.3) is 11.1 Å². The van der Waals surface area contributed by atoms with E-state index in [0.29, 0.717) is 16.3 Å². The van der Waals surface area contributed by atoms with Crippen molar-refractivity contribution in [2.45, 2.75) is 19.6 Å². The van der Waals surface area contributed by atoms with Gasteiger partial charge in [-0.2, -0.15) is 0 Å². The second-order valence-electron chi connectivity index (χ2n) is 8.83. The summed E-state index contributed by atoms with van der Waals surface area (Å²) in [5.74, 6) is -3.29. The van der Waals surface area contributed by atoms with Gasteiger partial charge in [0.2, 0.25) is 0 Å². The fraction of sp³-hybridized carbons (Fsp3) is 0.148. The zero-order valence-electron chi connectivity index (χ0n) is 20.3.